The molecule has 0 aromatic heterocycles. The van der Waals surface area contributed by atoms with E-state index in [2.05, 4.69) is 5.32 Å². The Morgan fingerprint density at radius 2 is 2.12 bits per heavy atom. The molecule has 1 amide bonds. The summed E-state index contributed by atoms with van der Waals surface area (Å²) in [4.78, 5) is 22.2. The Hall–Kier alpha value is -1.55. The van der Waals surface area contributed by atoms with Gasteiger partial charge in [0, 0.05) is 17.1 Å². The third-order valence-corrected chi connectivity index (χ3v) is 2.83. The van der Waals surface area contributed by atoms with E-state index in [0.29, 0.717) is 10.6 Å². The topological polar surface area (TPSA) is 66.4 Å². The number of nitrogens with one attached hydrogen (secondary N) is 1. The highest BCUT2D eigenvalue weighted by Gasteiger charge is 2.13. The minimum atomic E-state index is -0.938. The van der Waals surface area contributed by atoms with Crippen molar-refractivity contribution in [2.45, 2.75) is 13.8 Å². The number of carboxylic acid groups (broad SMARTS) is 1. The Labute approximate surface area is 105 Å². The number of benzene rings is 1. The van der Waals surface area contributed by atoms with Gasteiger partial charge in [0.05, 0.1) is 5.92 Å². The van der Waals surface area contributed by atoms with Gasteiger partial charge in [-0.15, -0.1) is 0 Å². The van der Waals surface area contributed by atoms with Crippen LogP contribution in [0.3, 0.4) is 0 Å². The number of carboxylic acids is 1. The number of rotatable bonds is 4. The average molecular weight is 256 g/mol. The molecule has 1 aromatic carbocycles. The first-order valence-corrected chi connectivity index (χ1v) is 5.56. The number of halogens is 1. The Morgan fingerprint density at radius 3 is 2.65 bits per heavy atom. The van der Waals surface area contributed by atoms with Crippen molar-refractivity contribution in [3.8, 4) is 0 Å². The minimum absolute atomic E-state index is 0.0969. The molecular weight excluding hydrogens is 242 g/mol. The third-order valence-electron chi connectivity index (χ3n) is 2.42. The molecule has 0 aliphatic carbocycles. The fourth-order valence-corrected chi connectivity index (χ4v) is 1.35. The molecule has 2 N–H and O–H groups in total. The lowest BCUT2D eigenvalue weighted by atomic mass is 10.1. The quantitative estimate of drug-likeness (QED) is 0.866. The smallest absolute Gasteiger partial charge is 0.308 e. The van der Waals surface area contributed by atoms with Gasteiger partial charge in [-0.1, -0.05) is 24.6 Å². The first kappa shape index (κ1) is 13.5. The number of amides is 1. The summed E-state index contributed by atoms with van der Waals surface area (Å²) in [6.45, 7) is 3.47. The van der Waals surface area contributed by atoms with E-state index in [9.17, 15) is 9.59 Å². The van der Waals surface area contributed by atoms with Gasteiger partial charge in [0.1, 0.15) is 0 Å². The number of aliphatic carboxylic acids is 1. The van der Waals surface area contributed by atoms with Crippen molar-refractivity contribution in [3.63, 3.8) is 0 Å². The molecule has 0 bridgehead atoms. The number of carbonyl (C=O) groups is 2. The second-order valence-electron chi connectivity index (χ2n) is 3.91. The monoisotopic (exact) mass is 255 g/mol. The summed E-state index contributed by atoms with van der Waals surface area (Å²) in [5.74, 6) is -1.87. The van der Waals surface area contributed by atoms with Gasteiger partial charge in [-0.3, -0.25) is 9.59 Å². The first-order valence-electron chi connectivity index (χ1n) is 5.19. The molecule has 5 heteroatoms. The number of hydrogen-bond donors (Lipinski definition) is 2. The first-order chi connectivity index (χ1) is 7.91. The lowest BCUT2D eigenvalue weighted by molar-refractivity contribution is -0.140. The molecule has 0 aliphatic heterocycles. The van der Waals surface area contributed by atoms with Crippen molar-refractivity contribution < 1.29 is 14.7 Å². The molecule has 0 spiro atoms. The summed E-state index contributed by atoms with van der Waals surface area (Å²) in [5.41, 5.74) is 1.32. The molecule has 1 rings (SSSR count). The maximum atomic E-state index is 11.7. The molecule has 1 atom stereocenters. The van der Waals surface area contributed by atoms with E-state index in [4.69, 9.17) is 16.7 Å². The maximum Gasteiger partial charge on any atom is 0.308 e. The molecule has 0 saturated heterocycles. The van der Waals surface area contributed by atoms with Gasteiger partial charge in [0.15, 0.2) is 0 Å². The SMILES string of the molecule is Cc1ccc(C(=O)NCC(C)C(=O)O)cc1Cl. The van der Waals surface area contributed by atoms with Gasteiger partial charge in [-0.05, 0) is 24.6 Å². The van der Waals surface area contributed by atoms with Crippen molar-refractivity contribution in [2.24, 2.45) is 5.92 Å². The molecule has 0 fully saturated rings. The van der Waals surface area contributed by atoms with Crippen LogP contribution < -0.4 is 5.32 Å². The van der Waals surface area contributed by atoms with E-state index in [1.165, 1.54) is 6.92 Å². The van der Waals surface area contributed by atoms with Gasteiger partial charge in [-0.25, -0.2) is 0 Å². The summed E-state index contributed by atoms with van der Waals surface area (Å²) >= 11 is 5.90. The van der Waals surface area contributed by atoms with Crippen LogP contribution >= 0.6 is 11.6 Å². The predicted octanol–water partition coefficient (Wildman–Crippen LogP) is 2.10. The molecule has 1 unspecified atom stereocenters. The zero-order valence-corrected chi connectivity index (χ0v) is 10.4. The van der Waals surface area contributed by atoms with E-state index < -0.39 is 11.9 Å². The number of carbonyl (C=O) groups excluding carboxylic acids is 1. The lowest BCUT2D eigenvalue weighted by Crippen LogP contribution is -2.31. The Kier molecular flexibility index (Phi) is 4.52. The van der Waals surface area contributed by atoms with Crippen LogP contribution in [0.1, 0.15) is 22.8 Å². The van der Waals surface area contributed by atoms with Crippen LogP contribution in [0.4, 0.5) is 0 Å². The highest BCUT2D eigenvalue weighted by atomic mass is 35.5. The van der Waals surface area contributed by atoms with Crippen LogP contribution in [0, 0.1) is 12.8 Å². The number of aryl methyl sites for hydroxylation is 1. The zero-order valence-electron chi connectivity index (χ0n) is 9.66. The second-order valence-corrected chi connectivity index (χ2v) is 4.32. The van der Waals surface area contributed by atoms with Crippen molar-refractivity contribution in [1.29, 1.82) is 0 Å². The average Bonchev–Trinajstić information content (AvgIpc) is 2.28. The number of hydrogen-bond acceptors (Lipinski definition) is 2. The minimum Gasteiger partial charge on any atom is -0.481 e. The molecule has 0 aliphatic rings. The fraction of sp³-hybridized carbons (Fsp3) is 0.333. The molecule has 4 nitrogen and oxygen atoms in total. The molecule has 0 heterocycles. The van der Waals surface area contributed by atoms with Crippen LogP contribution in [0.15, 0.2) is 18.2 Å². The fourth-order valence-electron chi connectivity index (χ4n) is 1.17. The third kappa shape index (κ3) is 3.75. The van der Waals surface area contributed by atoms with Crippen molar-refractivity contribution in [2.75, 3.05) is 6.54 Å². The largest absolute Gasteiger partial charge is 0.481 e. The summed E-state index contributed by atoms with van der Waals surface area (Å²) in [6, 6.07) is 4.97. The second kappa shape index (κ2) is 5.68. The van der Waals surface area contributed by atoms with Crippen LogP contribution in [0.2, 0.25) is 5.02 Å². The summed E-state index contributed by atoms with van der Waals surface area (Å²) in [5, 5.41) is 11.7. The summed E-state index contributed by atoms with van der Waals surface area (Å²) in [6.07, 6.45) is 0. The molecule has 92 valence electrons. The lowest BCUT2D eigenvalue weighted by Gasteiger charge is -2.09. The van der Waals surface area contributed by atoms with Crippen LogP contribution in [-0.2, 0) is 4.79 Å². The van der Waals surface area contributed by atoms with Crippen LogP contribution in [0.25, 0.3) is 0 Å². The van der Waals surface area contributed by atoms with Gasteiger partial charge >= 0.3 is 5.97 Å². The molecule has 0 saturated carbocycles. The summed E-state index contributed by atoms with van der Waals surface area (Å²) in [7, 11) is 0. The standard InChI is InChI=1S/C12H14ClNO3/c1-7-3-4-9(5-10(7)13)11(15)14-6-8(2)12(16)17/h3-5,8H,6H2,1-2H3,(H,14,15)(H,16,17). The molecule has 1 aromatic rings. The van der Waals surface area contributed by atoms with Crippen molar-refractivity contribution >= 4 is 23.5 Å². The van der Waals surface area contributed by atoms with Crippen molar-refractivity contribution in [3.05, 3.63) is 34.3 Å². The van der Waals surface area contributed by atoms with Gasteiger partial charge in [0.25, 0.3) is 5.91 Å². The highest BCUT2D eigenvalue weighted by Crippen LogP contribution is 2.16. The van der Waals surface area contributed by atoms with E-state index in [1.54, 1.807) is 18.2 Å². The molecule has 17 heavy (non-hydrogen) atoms. The van der Waals surface area contributed by atoms with Crippen molar-refractivity contribution in [1.82, 2.24) is 5.32 Å². The Morgan fingerprint density at radius 1 is 1.47 bits per heavy atom. The van der Waals surface area contributed by atoms with E-state index in [0.717, 1.165) is 5.56 Å². The highest BCUT2D eigenvalue weighted by molar-refractivity contribution is 6.31. The predicted molar refractivity (Wildman–Crippen MR) is 65.3 cm³/mol. The van der Waals surface area contributed by atoms with E-state index in [-0.39, 0.29) is 12.5 Å². The Balaban J connectivity index is 2.64. The molecular formula is C12H14ClNO3. The van der Waals surface area contributed by atoms with E-state index in [1.807, 2.05) is 6.92 Å². The zero-order chi connectivity index (χ0) is 13.0. The van der Waals surface area contributed by atoms with Crippen LogP contribution in [-0.4, -0.2) is 23.5 Å². The Bertz CT molecular complexity index is 445. The van der Waals surface area contributed by atoms with Gasteiger partial charge in [0.2, 0.25) is 0 Å². The normalized spacial score (nSPS) is 11.9. The molecule has 0 radical (unpaired) electrons. The van der Waals surface area contributed by atoms with Crippen LogP contribution in [0.5, 0.6) is 0 Å². The maximum absolute atomic E-state index is 11.7. The van der Waals surface area contributed by atoms with E-state index >= 15 is 0 Å². The van der Waals surface area contributed by atoms with Gasteiger partial charge < -0.3 is 10.4 Å². The summed E-state index contributed by atoms with van der Waals surface area (Å²) < 4.78 is 0. The van der Waals surface area contributed by atoms with Gasteiger partial charge in [-0.2, -0.15) is 0 Å².